The number of carbonyl (C=O) groups excluding carboxylic acids is 1. The number of carboxylic acid groups (broad SMARTS) is 1. The maximum Gasteiger partial charge on any atom is 0.500 e. The lowest BCUT2D eigenvalue weighted by Gasteiger charge is -2.28. The lowest BCUT2D eigenvalue weighted by molar-refractivity contribution is -0.134. The average molecular weight is 411 g/mol. The van der Waals surface area contributed by atoms with E-state index in [1.54, 1.807) is 24.3 Å². The van der Waals surface area contributed by atoms with Gasteiger partial charge in [-0.05, 0) is 57.4 Å². The van der Waals surface area contributed by atoms with Crippen LogP contribution in [0.15, 0.2) is 30.3 Å². The van der Waals surface area contributed by atoms with Crippen LogP contribution in [0.4, 0.5) is 0 Å². The Morgan fingerprint density at radius 2 is 1.54 bits per heavy atom. The van der Waals surface area contributed by atoms with Gasteiger partial charge in [0, 0.05) is 38.4 Å². The summed E-state index contributed by atoms with van der Waals surface area (Å²) >= 11 is 0. The average Bonchev–Trinajstić information content (AvgIpc) is 2.65. The molecule has 8 heteroatoms. The van der Waals surface area contributed by atoms with E-state index in [2.05, 4.69) is 0 Å². The zero-order valence-corrected chi connectivity index (χ0v) is 17.8. The molecule has 1 aromatic rings. The molecule has 0 aliphatic heterocycles. The molecular weight excluding hydrogens is 380 g/mol. The Morgan fingerprint density at radius 1 is 0.964 bits per heavy atom. The number of rotatable bonds is 14. The fraction of sp³-hybridized carbons (Fsp3) is 0.500. The number of ether oxygens (including phenoxy) is 1. The van der Waals surface area contributed by atoms with Crippen LogP contribution in [0.25, 0.3) is 6.08 Å². The summed E-state index contributed by atoms with van der Waals surface area (Å²) in [5.41, 5.74) is 0.714. The summed E-state index contributed by atoms with van der Waals surface area (Å²) in [5.74, 6) is -0.898. The lowest BCUT2D eigenvalue weighted by atomic mass is 10.2. The van der Waals surface area contributed by atoms with E-state index in [-0.39, 0.29) is 12.4 Å². The molecule has 1 rings (SSSR count). The van der Waals surface area contributed by atoms with Crippen LogP contribution >= 0.6 is 0 Å². The van der Waals surface area contributed by atoms with E-state index in [1.165, 1.54) is 6.08 Å². The molecular formula is C20H30O7Si. The molecule has 0 saturated carbocycles. The monoisotopic (exact) mass is 410 g/mol. The first-order valence-corrected chi connectivity index (χ1v) is 11.5. The molecule has 156 valence electrons. The van der Waals surface area contributed by atoms with Gasteiger partial charge in [0.15, 0.2) is 0 Å². The second-order valence-electron chi connectivity index (χ2n) is 5.90. The zero-order valence-electron chi connectivity index (χ0n) is 16.8. The summed E-state index contributed by atoms with van der Waals surface area (Å²) in [6, 6.07) is 7.32. The van der Waals surface area contributed by atoms with Crippen LogP contribution in [0.2, 0.25) is 6.04 Å². The predicted molar refractivity (Wildman–Crippen MR) is 108 cm³/mol. The number of benzene rings is 1. The molecule has 1 aromatic carbocycles. The van der Waals surface area contributed by atoms with Crippen molar-refractivity contribution in [2.75, 3.05) is 19.8 Å². The minimum absolute atomic E-state index is 0.287. The second kappa shape index (κ2) is 13.2. The predicted octanol–water partition coefficient (Wildman–Crippen LogP) is 3.91. The third-order valence-corrected chi connectivity index (χ3v) is 6.89. The van der Waals surface area contributed by atoms with E-state index < -0.39 is 14.8 Å². The van der Waals surface area contributed by atoms with Gasteiger partial charge in [0.05, 0.1) is 0 Å². The number of carbonyl (C=O) groups is 2. The van der Waals surface area contributed by atoms with Crippen molar-refractivity contribution in [1.82, 2.24) is 0 Å². The van der Waals surface area contributed by atoms with Crippen LogP contribution in [-0.2, 0) is 22.9 Å². The first kappa shape index (κ1) is 24.0. The Labute approximate surface area is 167 Å². The quantitative estimate of drug-likeness (QED) is 0.163. The maximum absolute atomic E-state index is 12.0. The van der Waals surface area contributed by atoms with Gasteiger partial charge >= 0.3 is 20.7 Å². The topological polar surface area (TPSA) is 91.3 Å². The van der Waals surface area contributed by atoms with Crippen LogP contribution in [0.5, 0.6) is 5.75 Å². The molecule has 0 fully saturated rings. The van der Waals surface area contributed by atoms with Crippen molar-refractivity contribution in [2.45, 2.75) is 46.1 Å². The Hall–Kier alpha value is -2.00. The highest BCUT2D eigenvalue weighted by molar-refractivity contribution is 6.60. The summed E-state index contributed by atoms with van der Waals surface area (Å²) in [6.07, 6.45) is 4.21. The summed E-state index contributed by atoms with van der Waals surface area (Å²) in [7, 11) is -2.66. The molecule has 0 saturated heterocycles. The number of unbranched alkanes of at least 4 members (excludes halogenated alkanes) is 1. The van der Waals surface area contributed by atoms with E-state index in [4.69, 9.17) is 23.1 Å². The van der Waals surface area contributed by atoms with Crippen molar-refractivity contribution in [3.8, 4) is 5.75 Å². The third kappa shape index (κ3) is 9.27. The zero-order chi connectivity index (χ0) is 20.8. The van der Waals surface area contributed by atoms with Gasteiger partial charge in [0.2, 0.25) is 0 Å². The highest BCUT2D eigenvalue weighted by Gasteiger charge is 2.39. The summed E-state index contributed by atoms with van der Waals surface area (Å²) in [4.78, 5) is 22.5. The molecule has 0 aromatic heterocycles. The number of esters is 1. The standard InChI is InChI=1S/C20H30O7Si/c1-4-24-28(25-5-2,26-6-3)16-8-7-9-20(23)27-18-13-10-17(11-14-18)12-15-19(21)22/h10-15H,4-9,16H2,1-3H3,(H,21,22)/b15-12+. The fourth-order valence-electron chi connectivity index (χ4n) is 2.61. The van der Waals surface area contributed by atoms with Crippen LogP contribution < -0.4 is 4.74 Å². The third-order valence-electron chi connectivity index (χ3n) is 3.74. The normalized spacial score (nSPS) is 11.7. The Kier molecular flexibility index (Phi) is 11.3. The first-order chi connectivity index (χ1) is 13.4. The van der Waals surface area contributed by atoms with Gasteiger partial charge in [-0.25, -0.2) is 4.79 Å². The molecule has 0 atom stereocenters. The molecule has 0 spiro atoms. The molecule has 28 heavy (non-hydrogen) atoms. The van der Waals surface area contributed by atoms with E-state index in [1.807, 2.05) is 20.8 Å². The van der Waals surface area contributed by atoms with Crippen molar-refractivity contribution >= 4 is 26.8 Å². The summed E-state index contributed by atoms with van der Waals surface area (Å²) in [5, 5.41) is 8.61. The molecule has 0 unspecified atom stereocenters. The van der Waals surface area contributed by atoms with Crippen molar-refractivity contribution in [2.24, 2.45) is 0 Å². The molecule has 0 amide bonds. The minimum atomic E-state index is -2.66. The lowest BCUT2D eigenvalue weighted by Crippen LogP contribution is -2.45. The van der Waals surface area contributed by atoms with Crippen LogP contribution in [-0.4, -0.2) is 45.7 Å². The van der Waals surface area contributed by atoms with E-state index in [0.29, 0.717) is 43.6 Å². The van der Waals surface area contributed by atoms with Gasteiger partial charge in [-0.15, -0.1) is 0 Å². The summed E-state index contributed by atoms with van der Waals surface area (Å²) < 4.78 is 22.7. The molecule has 0 aliphatic carbocycles. The molecule has 0 aliphatic rings. The van der Waals surface area contributed by atoms with Gasteiger partial charge in [-0.1, -0.05) is 12.1 Å². The van der Waals surface area contributed by atoms with Crippen LogP contribution in [0.1, 0.15) is 45.6 Å². The van der Waals surface area contributed by atoms with Crippen LogP contribution in [0, 0.1) is 0 Å². The number of hydrogen-bond acceptors (Lipinski definition) is 6. The van der Waals surface area contributed by atoms with Gasteiger partial charge in [0.25, 0.3) is 0 Å². The fourth-order valence-corrected chi connectivity index (χ4v) is 5.29. The van der Waals surface area contributed by atoms with Gasteiger partial charge in [0.1, 0.15) is 5.75 Å². The highest BCUT2D eigenvalue weighted by Crippen LogP contribution is 2.20. The molecule has 0 heterocycles. The Morgan fingerprint density at radius 3 is 2.04 bits per heavy atom. The number of hydrogen-bond donors (Lipinski definition) is 1. The van der Waals surface area contributed by atoms with Crippen molar-refractivity contribution in [3.63, 3.8) is 0 Å². The highest BCUT2D eigenvalue weighted by atomic mass is 28.4. The second-order valence-corrected chi connectivity index (χ2v) is 8.64. The van der Waals surface area contributed by atoms with Crippen molar-refractivity contribution in [3.05, 3.63) is 35.9 Å². The molecule has 7 nitrogen and oxygen atoms in total. The van der Waals surface area contributed by atoms with Crippen molar-refractivity contribution in [1.29, 1.82) is 0 Å². The number of aliphatic carboxylic acids is 1. The van der Waals surface area contributed by atoms with Gasteiger partial charge < -0.3 is 23.1 Å². The smallest absolute Gasteiger partial charge is 0.478 e. The molecule has 0 bridgehead atoms. The SMILES string of the molecule is CCO[Si](CCCCC(=O)Oc1ccc(/C=C/C(=O)O)cc1)(OCC)OCC. The van der Waals surface area contributed by atoms with Crippen molar-refractivity contribution < 1.29 is 32.7 Å². The van der Waals surface area contributed by atoms with E-state index in [0.717, 1.165) is 12.5 Å². The van der Waals surface area contributed by atoms with Crippen LogP contribution in [0.3, 0.4) is 0 Å². The summed E-state index contributed by atoms with van der Waals surface area (Å²) in [6.45, 7) is 7.35. The maximum atomic E-state index is 12.0. The van der Waals surface area contributed by atoms with Gasteiger partial charge in [-0.2, -0.15) is 0 Å². The molecule has 0 radical (unpaired) electrons. The first-order valence-electron chi connectivity index (χ1n) is 9.58. The molecule has 1 N–H and O–H groups in total. The van der Waals surface area contributed by atoms with E-state index in [9.17, 15) is 9.59 Å². The Bertz CT molecular complexity index is 611. The van der Waals surface area contributed by atoms with E-state index >= 15 is 0 Å². The van der Waals surface area contributed by atoms with Gasteiger partial charge in [-0.3, -0.25) is 4.79 Å². The minimum Gasteiger partial charge on any atom is -0.478 e. The Balaban J connectivity index is 2.44. The number of carboxylic acids is 1. The largest absolute Gasteiger partial charge is 0.500 e.